The van der Waals surface area contributed by atoms with Gasteiger partial charge in [0.2, 0.25) is 11.8 Å². The molecule has 0 aromatic heterocycles. The van der Waals surface area contributed by atoms with E-state index in [0.29, 0.717) is 29.4 Å². The van der Waals surface area contributed by atoms with Gasteiger partial charge in [-0.3, -0.25) is 14.5 Å². The number of rotatable bonds is 5. The number of hydrogen-bond acceptors (Lipinski definition) is 3. The molecule has 0 aliphatic carbocycles. The summed E-state index contributed by atoms with van der Waals surface area (Å²) in [5.41, 5.74) is 2.33. The van der Waals surface area contributed by atoms with Gasteiger partial charge in [0.05, 0.1) is 0 Å². The molecule has 5 nitrogen and oxygen atoms in total. The molecule has 3 rings (SSSR count). The van der Waals surface area contributed by atoms with E-state index in [2.05, 4.69) is 17.1 Å². The van der Waals surface area contributed by atoms with Gasteiger partial charge in [0.15, 0.2) is 0 Å². The first-order valence-electron chi connectivity index (χ1n) is 10.3. The van der Waals surface area contributed by atoms with E-state index in [1.807, 2.05) is 11.8 Å². The predicted octanol–water partition coefficient (Wildman–Crippen LogP) is 4.57. The van der Waals surface area contributed by atoms with Crippen LogP contribution < -0.4 is 5.32 Å². The smallest absolute Gasteiger partial charge is 0.246 e. The van der Waals surface area contributed by atoms with E-state index in [0.717, 1.165) is 12.1 Å². The Morgan fingerprint density at radius 3 is 2.52 bits per heavy atom. The highest BCUT2D eigenvalue weighted by atomic mass is 35.5. The molecule has 2 amide bonds. The minimum atomic E-state index is -0.241. The van der Waals surface area contributed by atoms with Crippen LogP contribution in [0.1, 0.15) is 31.9 Å². The third kappa shape index (κ3) is 6.15. The molecular weight excluding hydrogens is 417 g/mol. The maximum atomic E-state index is 13.2. The Hall–Kier alpha value is -2.70. The van der Waals surface area contributed by atoms with Crippen LogP contribution in [-0.2, 0) is 16.1 Å². The Balaban J connectivity index is 1.66. The zero-order valence-electron chi connectivity index (χ0n) is 17.9. The van der Waals surface area contributed by atoms with Gasteiger partial charge in [0.1, 0.15) is 5.82 Å². The lowest BCUT2D eigenvalue weighted by molar-refractivity contribution is -0.131. The quantitative estimate of drug-likeness (QED) is 0.688. The van der Waals surface area contributed by atoms with E-state index < -0.39 is 0 Å². The maximum absolute atomic E-state index is 13.2. The Morgan fingerprint density at radius 2 is 1.84 bits per heavy atom. The summed E-state index contributed by atoms with van der Waals surface area (Å²) in [5, 5.41) is 3.24. The van der Waals surface area contributed by atoms with Crippen molar-refractivity contribution in [3.8, 4) is 0 Å². The number of halogens is 2. The third-order valence-corrected chi connectivity index (χ3v) is 5.66. The van der Waals surface area contributed by atoms with E-state index in [9.17, 15) is 14.0 Å². The molecule has 1 heterocycles. The zero-order chi connectivity index (χ0) is 22.5. The van der Waals surface area contributed by atoms with Gasteiger partial charge < -0.3 is 10.2 Å². The first kappa shape index (κ1) is 23.0. The average molecular weight is 444 g/mol. The van der Waals surface area contributed by atoms with Crippen LogP contribution in [0, 0.1) is 5.82 Å². The van der Waals surface area contributed by atoms with Crippen molar-refractivity contribution < 1.29 is 14.0 Å². The largest absolute Gasteiger partial charge is 0.334 e. The number of anilines is 1. The fourth-order valence-electron chi connectivity index (χ4n) is 3.78. The lowest BCUT2D eigenvalue weighted by atomic mass is 10.1. The summed E-state index contributed by atoms with van der Waals surface area (Å²) in [7, 11) is 0. The topological polar surface area (TPSA) is 52.7 Å². The molecule has 31 heavy (non-hydrogen) atoms. The fourth-order valence-corrected chi connectivity index (χ4v) is 3.95. The number of nitrogens with one attached hydrogen (secondary N) is 1. The first-order chi connectivity index (χ1) is 14.7. The van der Waals surface area contributed by atoms with E-state index in [4.69, 9.17) is 11.6 Å². The van der Waals surface area contributed by atoms with E-state index in [-0.39, 0.29) is 29.7 Å². The Kier molecular flexibility index (Phi) is 7.46. The lowest BCUT2D eigenvalue weighted by Gasteiger charge is -2.44. The molecule has 0 radical (unpaired) electrons. The van der Waals surface area contributed by atoms with Crippen LogP contribution in [0.5, 0.6) is 0 Å². The third-order valence-electron chi connectivity index (χ3n) is 5.43. The second-order valence-electron chi connectivity index (χ2n) is 7.99. The molecule has 1 aliphatic rings. The number of benzene rings is 2. The van der Waals surface area contributed by atoms with Crippen LogP contribution >= 0.6 is 11.6 Å². The molecule has 164 valence electrons. The van der Waals surface area contributed by atoms with Crippen LogP contribution in [0.4, 0.5) is 10.1 Å². The van der Waals surface area contributed by atoms with Gasteiger partial charge in [-0.05, 0) is 55.3 Å². The van der Waals surface area contributed by atoms with Crippen molar-refractivity contribution in [2.24, 2.45) is 0 Å². The minimum absolute atomic E-state index is 0.0360. The van der Waals surface area contributed by atoms with E-state index in [1.54, 1.807) is 36.4 Å². The van der Waals surface area contributed by atoms with Gasteiger partial charge in [0.25, 0.3) is 0 Å². The van der Waals surface area contributed by atoms with Gasteiger partial charge in [0, 0.05) is 55.4 Å². The molecule has 1 saturated heterocycles. The Morgan fingerprint density at radius 1 is 1.13 bits per heavy atom. The highest BCUT2D eigenvalue weighted by Crippen LogP contribution is 2.23. The number of piperazine rings is 1. The molecule has 2 unspecified atom stereocenters. The summed E-state index contributed by atoms with van der Waals surface area (Å²) >= 11 is 6.03. The van der Waals surface area contributed by atoms with Crippen molar-refractivity contribution in [3.63, 3.8) is 0 Å². The molecule has 2 atom stereocenters. The maximum Gasteiger partial charge on any atom is 0.246 e. The van der Waals surface area contributed by atoms with Gasteiger partial charge in [-0.25, -0.2) is 4.39 Å². The standard InChI is InChI=1S/C24H27ClFN3O2/c1-16-14-29(17(2)13-28(16)15-19-4-9-22(26)10-5-19)24(31)11-7-20-6-8-21(25)12-23(20)27-18(3)30/h4-12,16-17H,13-15H2,1-3H3,(H,27,30). The fraction of sp³-hybridized carbons (Fsp3) is 0.333. The highest BCUT2D eigenvalue weighted by molar-refractivity contribution is 6.31. The number of nitrogens with zero attached hydrogens (tertiary/aromatic N) is 2. The summed E-state index contributed by atoms with van der Waals surface area (Å²) in [4.78, 5) is 28.5. The van der Waals surface area contributed by atoms with E-state index in [1.165, 1.54) is 25.1 Å². The Labute approximate surface area is 187 Å². The minimum Gasteiger partial charge on any atom is -0.334 e. The summed E-state index contributed by atoms with van der Waals surface area (Å²) < 4.78 is 13.2. The van der Waals surface area contributed by atoms with Gasteiger partial charge in [-0.15, -0.1) is 0 Å². The molecule has 0 spiro atoms. The summed E-state index contributed by atoms with van der Waals surface area (Å²) in [6, 6.07) is 11.9. The number of amides is 2. The molecule has 0 bridgehead atoms. The molecule has 2 aromatic carbocycles. The molecule has 2 aromatic rings. The molecule has 1 N–H and O–H groups in total. The predicted molar refractivity (Wildman–Crippen MR) is 122 cm³/mol. The molecule has 1 fully saturated rings. The van der Waals surface area contributed by atoms with Crippen LogP contribution in [0.15, 0.2) is 48.5 Å². The lowest BCUT2D eigenvalue weighted by Crippen LogP contribution is -2.57. The molecular formula is C24H27ClFN3O2. The highest BCUT2D eigenvalue weighted by Gasteiger charge is 2.31. The second kappa shape index (κ2) is 10.1. The summed E-state index contributed by atoms with van der Waals surface area (Å²) in [5.74, 6) is -0.526. The first-order valence-corrected chi connectivity index (χ1v) is 10.6. The average Bonchev–Trinajstić information content (AvgIpc) is 2.71. The van der Waals surface area contributed by atoms with Crippen molar-refractivity contribution >= 4 is 35.2 Å². The normalized spacial score (nSPS) is 19.6. The van der Waals surface area contributed by atoms with Crippen LogP contribution in [0.2, 0.25) is 5.02 Å². The van der Waals surface area contributed by atoms with Gasteiger partial charge >= 0.3 is 0 Å². The van der Waals surface area contributed by atoms with Crippen molar-refractivity contribution in [1.29, 1.82) is 0 Å². The number of hydrogen-bond donors (Lipinski definition) is 1. The van der Waals surface area contributed by atoms with Crippen molar-refractivity contribution in [2.45, 2.75) is 39.4 Å². The monoisotopic (exact) mass is 443 g/mol. The van der Waals surface area contributed by atoms with Crippen molar-refractivity contribution in [3.05, 3.63) is 70.5 Å². The van der Waals surface area contributed by atoms with E-state index >= 15 is 0 Å². The number of carbonyl (C=O) groups excluding carboxylic acids is 2. The zero-order valence-corrected chi connectivity index (χ0v) is 18.7. The van der Waals surface area contributed by atoms with Crippen LogP contribution in [-0.4, -0.2) is 46.8 Å². The summed E-state index contributed by atoms with van der Waals surface area (Å²) in [6.45, 7) is 7.59. The summed E-state index contributed by atoms with van der Waals surface area (Å²) in [6.07, 6.45) is 3.24. The SMILES string of the molecule is CC(=O)Nc1cc(Cl)ccc1C=CC(=O)N1CC(C)N(Cc2ccc(F)cc2)CC1C. The van der Waals surface area contributed by atoms with Crippen LogP contribution in [0.25, 0.3) is 6.08 Å². The molecule has 7 heteroatoms. The second-order valence-corrected chi connectivity index (χ2v) is 8.43. The van der Waals surface area contributed by atoms with Gasteiger partial charge in [-0.1, -0.05) is 29.8 Å². The van der Waals surface area contributed by atoms with Crippen molar-refractivity contribution in [1.82, 2.24) is 9.80 Å². The van der Waals surface area contributed by atoms with Crippen LogP contribution in [0.3, 0.4) is 0 Å². The Bertz CT molecular complexity index is 977. The molecule has 0 saturated carbocycles. The van der Waals surface area contributed by atoms with Crippen molar-refractivity contribution in [2.75, 3.05) is 18.4 Å². The number of carbonyl (C=O) groups is 2. The van der Waals surface area contributed by atoms with Gasteiger partial charge in [-0.2, -0.15) is 0 Å². The molecule has 1 aliphatic heterocycles.